The van der Waals surface area contributed by atoms with Crippen molar-refractivity contribution in [3.05, 3.63) is 22.2 Å². The molecule has 0 aliphatic heterocycles. The van der Waals surface area contributed by atoms with Crippen LogP contribution < -0.4 is 11.1 Å². The van der Waals surface area contributed by atoms with Gasteiger partial charge in [0.1, 0.15) is 0 Å². The maximum atomic E-state index is 11.6. The number of nitrogen functional groups attached to an aromatic ring is 1. The Hall–Kier alpha value is -0.970. The normalized spacial score (nSPS) is 10.7. The van der Waals surface area contributed by atoms with E-state index in [0.29, 0.717) is 28.0 Å². The van der Waals surface area contributed by atoms with Crippen molar-refractivity contribution < 1.29 is 9.53 Å². The topological polar surface area (TPSA) is 64.3 Å². The van der Waals surface area contributed by atoms with Crippen LogP contribution in [0.1, 0.15) is 20.3 Å². The molecule has 0 aliphatic carbocycles. The van der Waals surface area contributed by atoms with E-state index in [-0.39, 0.29) is 18.4 Å². The first-order valence-electron chi connectivity index (χ1n) is 5.56. The molecule has 6 heteroatoms. The fraction of sp³-hybridized carbons (Fsp3) is 0.417. The van der Waals surface area contributed by atoms with E-state index >= 15 is 0 Å². The summed E-state index contributed by atoms with van der Waals surface area (Å²) in [5.74, 6) is -0.202. The highest BCUT2D eigenvalue weighted by molar-refractivity contribution is 6.37. The minimum Gasteiger partial charge on any atom is -0.397 e. The van der Waals surface area contributed by atoms with Gasteiger partial charge in [0.25, 0.3) is 0 Å². The number of nitrogens with one attached hydrogen (secondary N) is 1. The number of benzene rings is 1. The molecule has 18 heavy (non-hydrogen) atoms. The zero-order chi connectivity index (χ0) is 13.7. The minimum absolute atomic E-state index is 0.0991. The number of carbonyl (C=O) groups is 1. The smallest absolute Gasteiger partial charge is 0.226 e. The van der Waals surface area contributed by atoms with Gasteiger partial charge in [0.2, 0.25) is 5.91 Å². The van der Waals surface area contributed by atoms with Crippen molar-refractivity contribution >= 4 is 40.5 Å². The van der Waals surface area contributed by atoms with Crippen LogP contribution in [0.3, 0.4) is 0 Å². The second kappa shape index (κ2) is 6.83. The molecule has 0 fully saturated rings. The fourth-order valence-electron chi connectivity index (χ4n) is 1.31. The lowest BCUT2D eigenvalue weighted by molar-refractivity contribution is -0.117. The quantitative estimate of drug-likeness (QED) is 0.818. The molecule has 1 aromatic carbocycles. The molecule has 0 atom stereocenters. The third kappa shape index (κ3) is 4.72. The molecule has 100 valence electrons. The van der Waals surface area contributed by atoms with Crippen LogP contribution in [0.2, 0.25) is 10.0 Å². The zero-order valence-electron chi connectivity index (χ0n) is 10.3. The third-order valence-corrected chi connectivity index (χ3v) is 2.65. The second-order valence-corrected chi connectivity index (χ2v) is 4.91. The summed E-state index contributed by atoms with van der Waals surface area (Å²) in [6.45, 7) is 4.17. The van der Waals surface area contributed by atoms with Gasteiger partial charge in [-0.1, -0.05) is 23.2 Å². The van der Waals surface area contributed by atoms with Crippen molar-refractivity contribution in [3.63, 3.8) is 0 Å². The molecule has 0 aromatic heterocycles. The number of hydrogen-bond donors (Lipinski definition) is 2. The summed E-state index contributed by atoms with van der Waals surface area (Å²) in [5.41, 5.74) is 6.46. The summed E-state index contributed by atoms with van der Waals surface area (Å²) in [4.78, 5) is 11.6. The number of hydrogen-bond acceptors (Lipinski definition) is 3. The van der Waals surface area contributed by atoms with E-state index in [1.807, 2.05) is 13.8 Å². The van der Waals surface area contributed by atoms with Crippen LogP contribution >= 0.6 is 23.2 Å². The molecular weight excluding hydrogens is 275 g/mol. The highest BCUT2D eigenvalue weighted by Crippen LogP contribution is 2.32. The van der Waals surface area contributed by atoms with Gasteiger partial charge in [-0.05, 0) is 26.0 Å². The van der Waals surface area contributed by atoms with Gasteiger partial charge in [-0.15, -0.1) is 0 Å². The summed E-state index contributed by atoms with van der Waals surface area (Å²) in [6, 6.07) is 3.06. The maximum absolute atomic E-state index is 11.6. The van der Waals surface area contributed by atoms with Crippen molar-refractivity contribution in [1.82, 2.24) is 0 Å². The van der Waals surface area contributed by atoms with Gasteiger partial charge in [0.05, 0.1) is 35.5 Å². The number of carbonyl (C=O) groups excluding carboxylic acids is 1. The lowest BCUT2D eigenvalue weighted by Gasteiger charge is -2.11. The molecular formula is C12H16Cl2N2O2. The van der Waals surface area contributed by atoms with Gasteiger partial charge in [-0.2, -0.15) is 0 Å². The van der Waals surface area contributed by atoms with Gasteiger partial charge in [-0.3, -0.25) is 4.79 Å². The SMILES string of the molecule is CC(C)OCCC(=O)Nc1c(N)cc(Cl)cc1Cl. The molecule has 1 rings (SSSR count). The number of rotatable bonds is 5. The molecule has 0 heterocycles. The van der Waals surface area contributed by atoms with Crippen LogP contribution in [0.25, 0.3) is 0 Å². The number of anilines is 2. The monoisotopic (exact) mass is 290 g/mol. The summed E-state index contributed by atoms with van der Waals surface area (Å²) in [7, 11) is 0. The molecule has 1 aromatic rings. The van der Waals surface area contributed by atoms with E-state index < -0.39 is 0 Å². The largest absolute Gasteiger partial charge is 0.397 e. The van der Waals surface area contributed by atoms with Crippen LogP contribution in [-0.4, -0.2) is 18.6 Å². The Kier molecular flexibility index (Phi) is 5.72. The standard InChI is InChI=1S/C12H16Cl2N2O2/c1-7(2)18-4-3-11(17)16-12-9(14)5-8(13)6-10(12)15/h5-7H,3-4,15H2,1-2H3,(H,16,17). The van der Waals surface area contributed by atoms with Crippen LogP contribution in [0.5, 0.6) is 0 Å². The Morgan fingerprint density at radius 1 is 1.44 bits per heavy atom. The Bertz CT molecular complexity index is 413. The summed E-state index contributed by atoms with van der Waals surface area (Å²) < 4.78 is 5.28. The first-order chi connectivity index (χ1) is 8.40. The summed E-state index contributed by atoms with van der Waals surface area (Å²) in [5, 5.41) is 3.39. The van der Waals surface area contributed by atoms with E-state index in [2.05, 4.69) is 5.32 Å². The summed E-state index contributed by atoms with van der Waals surface area (Å²) >= 11 is 11.7. The van der Waals surface area contributed by atoms with Crippen LogP contribution in [0.4, 0.5) is 11.4 Å². The molecule has 0 bridgehead atoms. The molecule has 0 radical (unpaired) electrons. The van der Waals surface area contributed by atoms with E-state index in [9.17, 15) is 4.79 Å². The van der Waals surface area contributed by atoms with Crippen molar-refractivity contribution in [3.8, 4) is 0 Å². The highest BCUT2D eigenvalue weighted by atomic mass is 35.5. The van der Waals surface area contributed by atoms with Gasteiger partial charge in [0.15, 0.2) is 0 Å². The predicted molar refractivity (Wildman–Crippen MR) is 75.2 cm³/mol. The Morgan fingerprint density at radius 3 is 2.67 bits per heavy atom. The minimum atomic E-state index is -0.202. The molecule has 3 N–H and O–H groups in total. The van der Waals surface area contributed by atoms with Crippen molar-refractivity contribution in [2.24, 2.45) is 0 Å². The number of ether oxygens (including phenoxy) is 1. The maximum Gasteiger partial charge on any atom is 0.226 e. The van der Waals surface area contributed by atoms with Crippen molar-refractivity contribution in [1.29, 1.82) is 0 Å². The van der Waals surface area contributed by atoms with Gasteiger partial charge < -0.3 is 15.8 Å². The summed E-state index contributed by atoms with van der Waals surface area (Å²) in [6.07, 6.45) is 0.346. The van der Waals surface area contributed by atoms with Gasteiger partial charge in [0, 0.05) is 5.02 Å². The highest BCUT2D eigenvalue weighted by Gasteiger charge is 2.10. The average molecular weight is 291 g/mol. The van der Waals surface area contributed by atoms with Crippen LogP contribution in [0, 0.1) is 0 Å². The Balaban J connectivity index is 2.59. The van der Waals surface area contributed by atoms with E-state index in [1.54, 1.807) is 0 Å². The molecule has 0 saturated heterocycles. The molecule has 4 nitrogen and oxygen atoms in total. The third-order valence-electron chi connectivity index (χ3n) is 2.13. The van der Waals surface area contributed by atoms with E-state index in [0.717, 1.165) is 0 Å². The van der Waals surface area contributed by atoms with E-state index in [1.165, 1.54) is 12.1 Å². The number of amides is 1. The average Bonchev–Trinajstić information content (AvgIpc) is 2.22. The zero-order valence-corrected chi connectivity index (χ0v) is 11.8. The van der Waals surface area contributed by atoms with Crippen molar-refractivity contribution in [2.45, 2.75) is 26.4 Å². The van der Waals surface area contributed by atoms with Crippen LogP contribution in [0.15, 0.2) is 12.1 Å². The first kappa shape index (κ1) is 15.1. The molecule has 1 amide bonds. The fourth-order valence-corrected chi connectivity index (χ4v) is 1.87. The lowest BCUT2D eigenvalue weighted by Crippen LogP contribution is -2.17. The predicted octanol–water partition coefficient (Wildman–Crippen LogP) is 3.33. The first-order valence-corrected chi connectivity index (χ1v) is 6.31. The second-order valence-electron chi connectivity index (χ2n) is 4.07. The van der Waals surface area contributed by atoms with Gasteiger partial charge >= 0.3 is 0 Å². The number of nitrogens with two attached hydrogens (primary N) is 1. The van der Waals surface area contributed by atoms with Crippen molar-refractivity contribution in [2.75, 3.05) is 17.7 Å². The molecule has 0 spiro atoms. The van der Waals surface area contributed by atoms with Gasteiger partial charge in [-0.25, -0.2) is 0 Å². The Labute approximate surface area is 116 Å². The molecule has 0 aliphatic rings. The lowest BCUT2D eigenvalue weighted by atomic mass is 10.2. The molecule has 0 unspecified atom stereocenters. The number of halogens is 2. The Morgan fingerprint density at radius 2 is 2.11 bits per heavy atom. The van der Waals surface area contributed by atoms with Crippen LogP contribution in [-0.2, 0) is 9.53 Å². The van der Waals surface area contributed by atoms with E-state index in [4.69, 9.17) is 33.7 Å². The molecule has 0 saturated carbocycles.